The van der Waals surface area contributed by atoms with Crippen LogP contribution in [0, 0.1) is 5.92 Å². The van der Waals surface area contributed by atoms with Crippen LogP contribution in [0.5, 0.6) is 0 Å². The molecule has 0 amide bonds. The van der Waals surface area contributed by atoms with Crippen LogP contribution in [0.4, 0.5) is 0 Å². The van der Waals surface area contributed by atoms with Crippen molar-refractivity contribution in [3.63, 3.8) is 0 Å². The molecular weight excluding hydrogens is 150 g/mol. The molecule has 2 rings (SSSR count). The fraction of sp³-hybridized carbons (Fsp3) is 0.667. The van der Waals surface area contributed by atoms with Gasteiger partial charge in [-0.2, -0.15) is 0 Å². The molecule has 1 aromatic rings. The molecule has 0 bridgehead atoms. The normalized spacial score (nSPS) is 17.8. The largest absolute Gasteiger partial charge is 0.338 e. The summed E-state index contributed by atoms with van der Waals surface area (Å²) in [6.07, 6.45) is 6.27. The Bertz CT molecular complexity index is 250. The number of nitrogens with zero attached hydrogens (tertiary/aromatic N) is 2. The zero-order chi connectivity index (χ0) is 8.39. The number of rotatable bonds is 3. The van der Waals surface area contributed by atoms with Gasteiger partial charge in [0, 0.05) is 25.9 Å². The monoisotopic (exact) mass is 165 g/mol. The van der Waals surface area contributed by atoms with Gasteiger partial charge < -0.3 is 9.88 Å². The van der Waals surface area contributed by atoms with Crippen LogP contribution in [-0.4, -0.2) is 22.6 Å². The van der Waals surface area contributed by atoms with Crippen molar-refractivity contribution in [3.8, 4) is 0 Å². The second-order valence-corrected chi connectivity index (χ2v) is 3.52. The van der Waals surface area contributed by atoms with Crippen molar-refractivity contribution in [2.45, 2.75) is 12.8 Å². The molecule has 0 aliphatic carbocycles. The summed E-state index contributed by atoms with van der Waals surface area (Å²) in [7, 11) is 2.06. The van der Waals surface area contributed by atoms with E-state index in [1.165, 1.54) is 25.3 Å². The first-order valence-corrected chi connectivity index (χ1v) is 4.53. The number of hydrogen-bond donors (Lipinski definition) is 1. The van der Waals surface area contributed by atoms with E-state index in [0.717, 1.165) is 12.3 Å². The van der Waals surface area contributed by atoms with E-state index in [-0.39, 0.29) is 0 Å². The van der Waals surface area contributed by atoms with Gasteiger partial charge in [-0.1, -0.05) is 0 Å². The topological polar surface area (TPSA) is 29.9 Å². The van der Waals surface area contributed by atoms with Gasteiger partial charge in [0.25, 0.3) is 0 Å². The fourth-order valence-corrected chi connectivity index (χ4v) is 1.52. The molecule has 3 heteroatoms. The van der Waals surface area contributed by atoms with Crippen LogP contribution in [-0.2, 0) is 13.5 Å². The zero-order valence-electron chi connectivity index (χ0n) is 7.45. The van der Waals surface area contributed by atoms with Gasteiger partial charge in [-0.3, -0.25) is 0 Å². The minimum atomic E-state index is 0.890. The molecule has 2 heterocycles. The van der Waals surface area contributed by atoms with Gasteiger partial charge in [-0.05, 0) is 25.4 Å². The third kappa shape index (κ3) is 1.50. The minimum Gasteiger partial charge on any atom is -0.338 e. The van der Waals surface area contributed by atoms with Crippen LogP contribution in [0.25, 0.3) is 0 Å². The van der Waals surface area contributed by atoms with Gasteiger partial charge in [0.05, 0.1) is 0 Å². The Balaban J connectivity index is 1.82. The van der Waals surface area contributed by atoms with Crippen molar-refractivity contribution >= 4 is 0 Å². The van der Waals surface area contributed by atoms with E-state index < -0.39 is 0 Å². The molecule has 0 atom stereocenters. The Hall–Kier alpha value is -0.830. The highest BCUT2D eigenvalue weighted by atomic mass is 15.0. The van der Waals surface area contributed by atoms with E-state index in [1.54, 1.807) is 0 Å². The number of aromatic nitrogens is 2. The highest BCUT2D eigenvalue weighted by Crippen LogP contribution is 2.11. The van der Waals surface area contributed by atoms with Crippen molar-refractivity contribution < 1.29 is 0 Å². The van der Waals surface area contributed by atoms with E-state index in [1.807, 2.05) is 12.4 Å². The van der Waals surface area contributed by atoms with Gasteiger partial charge in [0.1, 0.15) is 5.82 Å². The third-order valence-corrected chi connectivity index (χ3v) is 2.56. The predicted molar refractivity (Wildman–Crippen MR) is 47.9 cm³/mol. The second-order valence-electron chi connectivity index (χ2n) is 3.52. The molecule has 3 nitrogen and oxygen atoms in total. The fourth-order valence-electron chi connectivity index (χ4n) is 1.52. The van der Waals surface area contributed by atoms with Gasteiger partial charge in [0.15, 0.2) is 0 Å². The summed E-state index contributed by atoms with van der Waals surface area (Å²) < 4.78 is 2.10. The molecule has 0 unspecified atom stereocenters. The van der Waals surface area contributed by atoms with E-state index in [9.17, 15) is 0 Å². The average molecular weight is 165 g/mol. The number of imidazole rings is 1. The lowest BCUT2D eigenvalue weighted by Gasteiger charge is -2.26. The van der Waals surface area contributed by atoms with Crippen molar-refractivity contribution in [2.24, 2.45) is 13.0 Å². The number of nitrogens with one attached hydrogen (secondary N) is 1. The first-order chi connectivity index (χ1) is 5.86. The van der Waals surface area contributed by atoms with Crippen molar-refractivity contribution in [2.75, 3.05) is 13.1 Å². The van der Waals surface area contributed by atoms with E-state index >= 15 is 0 Å². The number of hydrogen-bond acceptors (Lipinski definition) is 2. The lowest BCUT2D eigenvalue weighted by atomic mass is 9.97. The van der Waals surface area contributed by atoms with E-state index in [0.29, 0.717) is 0 Å². The zero-order valence-corrected chi connectivity index (χ0v) is 7.45. The van der Waals surface area contributed by atoms with E-state index in [4.69, 9.17) is 0 Å². The van der Waals surface area contributed by atoms with Crippen molar-refractivity contribution in [3.05, 3.63) is 18.2 Å². The Morgan fingerprint density at radius 2 is 2.50 bits per heavy atom. The summed E-state index contributed by atoms with van der Waals surface area (Å²) in [4.78, 5) is 4.29. The highest BCUT2D eigenvalue weighted by molar-refractivity contribution is 4.92. The van der Waals surface area contributed by atoms with Crippen LogP contribution in [0.15, 0.2) is 12.4 Å². The maximum atomic E-state index is 4.29. The molecule has 0 aromatic carbocycles. The molecule has 1 aliphatic heterocycles. The molecule has 1 saturated heterocycles. The third-order valence-electron chi connectivity index (χ3n) is 2.56. The lowest BCUT2D eigenvalue weighted by molar-refractivity contribution is 0.325. The van der Waals surface area contributed by atoms with Crippen molar-refractivity contribution in [1.82, 2.24) is 14.9 Å². The van der Waals surface area contributed by atoms with Crippen LogP contribution >= 0.6 is 0 Å². The van der Waals surface area contributed by atoms with Crippen LogP contribution < -0.4 is 5.32 Å². The van der Waals surface area contributed by atoms with Crippen LogP contribution in [0.3, 0.4) is 0 Å². The van der Waals surface area contributed by atoms with Gasteiger partial charge >= 0.3 is 0 Å². The Morgan fingerprint density at radius 1 is 1.67 bits per heavy atom. The molecule has 0 radical (unpaired) electrons. The molecule has 12 heavy (non-hydrogen) atoms. The predicted octanol–water partition coefficient (Wildman–Crippen LogP) is 0.572. The maximum Gasteiger partial charge on any atom is 0.108 e. The number of aryl methyl sites for hydroxylation is 2. The minimum absolute atomic E-state index is 0.890. The Kier molecular flexibility index (Phi) is 2.13. The lowest BCUT2D eigenvalue weighted by Crippen LogP contribution is -2.42. The quantitative estimate of drug-likeness (QED) is 0.709. The SMILES string of the molecule is Cn1ccnc1CCC1CNC1. The molecule has 1 fully saturated rings. The smallest absolute Gasteiger partial charge is 0.108 e. The Morgan fingerprint density at radius 3 is 3.00 bits per heavy atom. The summed E-state index contributed by atoms with van der Waals surface area (Å²) in [5.41, 5.74) is 0. The van der Waals surface area contributed by atoms with Crippen LogP contribution in [0.2, 0.25) is 0 Å². The first kappa shape index (κ1) is 7.80. The summed E-state index contributed by atoms with van der Waals surface area (Å²) in [6.45, 7) is 2.40. The van der Waals surface area contributed by atoms with Crippen molar-refractivity contribution in [1.29, 1.82) is 0 Å². The molecule has 1 aliphatic rings. The highest BCUT2D eigenvalue weighted by Gasteiger charge is 2.16. The molecular formula is C9H15N3. The van der Waals surface area contributed by atoms with Gasteiger partial charge in [-0.15, -0.1) is 0 Å². The summed E-state index contributed by atoms with van der Waals surface area (Å²) in [5, 5.41) is 3.28. The summed E-state index contributed by atoms with van der Waals surface area (Å²) in [5.74, 6) is 2.10. The maximum absolute atomic E-state index is 4.29. The Labute approximate surface area is 72.8 Å². The molecule has 1 N–H and O–H groups in total. The van der Waals surface area contributed by atoms with Gasteiger partial charge in [0.2, 0.25) is 0 Å². The van der Waals surface area contributed by atoms with Gasteiger partial charge in [-0.25, -0.2) is 4.98 Å². The van der Waals surface area contributed by atoms with E-state index in [2.05, 4.69) is 21.9 Å². The summed E-state index contributed by atoms with van der Waals surface area (Å²) >= 11 is 0. The second kappa shape index (κ2) is 3.27. The molecule has 1 aromatic heterocycles. The first-order valence-electron chi connectivity index (χ1n) is 4.53. The molecule has 0 spiro atoms. The average Bonchev–Trinajstić information content (AvgIpc) is 2.33. The summed E-state index contributed by atoms with van der Waals surface area (Å²) in [6, 6.07) is 0. The van der Waals surface area contributed by atoms with Crippen LogP contribution in [0.1, 0.15) is 12.2 Å². The standard InChI is InChI=1S/C9H15N3/c1-12-5-4-11-9(12)3-2-8-6-10-7-8/h4-5,8,10H,2-3,6-7H2,1H3. The molecule has 66 valence electrons. The molecule has 0 saturated carbocycles.